The van der Waals surface area contributed by atoms with Crippen LogP contribution in [0, 0.1) is 5.92 Å². The summed E-state index contributed by atoms with van der Waals surface area (Å²) >= 11 is 0. The first kappa shape index (κ1) is 15.8. The summed E-state index contributed by atoms with van der Waals surface area (Å²) in [4.78, 5) is 14.3. The van der Waals surface area contributed by atoms with Crippen LogP contribution in [0.2, 0.25) is 0 Å². The number of carbonyl (C=O) groups excluding carboxylic acids is 1. The first-order valence-corrected chi connectivity index (χ1v) is 6.81. The van der Waals surface area contributed by atoms with Crippen molar-refractivity contribution >= 4 is 24.0 Å². The molecule has 4 heteroatoms. The lowest BCUT2D eigenvalue weighted by atomic mass is 10.1. The fourth-order valence-corrected chi connectivity index (χ4v) is 2.12. The van der Waals surface area contributed by atoms with Gasteiger partial charge >= 0.3 is 0 Å². The van der Waals surface area contributed by atoms with Gasteiger partial charge in [-0.2, -0.15) is 0 Å². The third-order valence-corrected chi connectivity index (χ3v) is 3.36. The predicted octanol–water partition coefficient (Wildman–Crippen LogP) is 2.88. The lowest BCUT2D eigenvalue weighted by molar-refractivity contribution is -0.130. The van der Waals surface area contributed by atoms with E-state index in [1.54, 1.807) is 0 Å². The van der Waals surface area contributed by atoms with Gasteiger partial charge < -0.3 is 10.6 Å². The van der Waals surface area contributed by atoms with Crippen molar-refractivity contribution in [3.05, 3.63) is 29.8 Å². The first-order chi connectivity index (χ1) is 8.69. The minimum absolute atomic E-state index is 0. The fourth-order valence-electron chi connectivity index (χ4n) is 2.12. The molecule has 1 aliphatic rings. The van der Waals surface area contributed by atoms with Crippen LogP contribution in [0.25, 0.3) is 0 Å². The first-order valence-electron chi connectivity index (χ1n) is 6.81. The molecule has 0 saturated heterocycles. The van der Waals surface area contributed by atoms with Gasteiger partial charge in [-0.05, 0) is 42.9 Å². The molecule has 0 aromatic heterocycles. The van der Waals surface area contributed by atoms with Crippen molar-refractivity contribution in [3.63, 3.8) is 0 Å². The number of nitrogens with zero attached hydrogens (tertiary/aromatic N) is 1. The van der Waals surface area contributed by atoms with Crippen LogP contribution >= 0.6 is 12.4 Å². The molecule has 1 aromatic carbocycles. The van der Waals surface area contributed by atoms with E-state index in [4.69, 9.17) is 5.73 Å². The van der Waals surface area contributed by atoms with Gasteiger partial charge in [0.05, 0.1) is 6.42 Å². The smallest absolute Gasteiger partial charge is 0.226 e. The molecule has 1 fully saturated rings. The Morgan fingerprint density at radius 2 is 1.95 bits per heavy atom. The van der Waals surface area contributed by atoms with Crippen LogP contribution in [0.15, 0.2) is 24.3 Å². The standard InChI is InChI=1S/C15H22N2O.ClH/c1-2-9-17(11-13-3-4-13)15(18)10-12-5-7-14(16)8-6-12;/h5-8,13H,2-4,9-11,16H2,1H3;1H. The molecule has 0 unspecified atom stereocenters. The molecule has 0 spiro atoms. The molecule has 2 rings (SSSR count). The summed E-state index contributed by atoms with van der Waals surface area (Å²) in [5.74, 6) is 1.00. The van der Waals surface area contributed by atoms with Crippen molar-refractivity contribution in [3.8, 4) is 0 Å². The SMILES string of the molecule is CCCN(CC1CC1)C(=O)Cc1ccc(N)cc1.Cl. The number of hydrogen-bond donors (Lipinski definition) is 1. The molecule has 0 radical (unpaired) electrons. The Balaban J connectivity index is 0.00000180. The zero-order valence-electron chi connectivity index (χ0n) is 11.5. The molecule has 19 heavy (non-hydrogen) atoms. The highest BCUT2D eigenvalue weighted by Gasteiger charge is 2.26. The molecule has 0 bridgehead atoms. The number of nitrogen functional groups attached to an aromatic ring is 1. The van der Waals surface area contributed by atoms with Gasteiger partial charge in [0.25, 0.3) is 0 Å². The van der Waals surface area contributed by atoms with E-state index in [1.807, 2.05) is 29.2 Å². The molecule has 1 saturated carbocycles. The summed E-state index contributed by atoms with van der Waals surface area (Å²) in [5.41, 5.74) is 7.44. The molecular weight excluding hydrogens is 260 g/mol. The number of nitrogens with two attached hydrogens (primary N) is 1. The largest absolute Gasteiger partial charge is 0.399 e. The van der Waals surface area contributed by atoms with Gasteiger partial charge in [0.15, 0.2) is 0 Å². The van der Waals surface area contributed by atoms with E-state index in [1.165, 1.54) is 12.8 Å². The van der Waals surface area contributed by atoms with Crippen molar-refractivity contribution in [2.45, 2.75) is 32.6 Å². The van der Waals surface area contributed by atoms with Gasteiger partial charge in [-0.3, -0.25) is 4.79 Å². The van der Waals surface area contributed by atoms with Crippen LogP contribution in [0.1, 0.15) is 31.7 Å². The maximum atomic E-state index is 12.2. The number of halogens is 1. The highest BCUT2D eigenvalue weighted by molar-refractivity contribution is 5.85. The fraction of sp³-hybridized carbons (Fsp3) is 0.533. The number of benzene rings is 1. The minimum atomic E-state index is 0. The second-order valence-electron chi connectivity index (χ2n) is 5.20. The Bertz CT molecular complexity index is 401. The maximum absolute atomic E-state index is 12.2. The average Bonchev–Trinajstić information content (AvgIpc) is 3.15. The Morgan fingerprint density at radius 3 is 2.47 bits per heavy atom. The quantitative estimate of drug-likeness (QED) is 0.816. The van der Waals surface area contributed by atoms with Crippen LogP contribution in [-0.4, -0.2) is 23.9 Å². The normalized spacial score (nSPS) is 13.7. The van der Waals surface area contributed by atoms with E-state index in [-0.39, 0.29) is 18.3 Å². The number of anilines is 1. The van der Waals surface area contributed by atoms with E-state index in [0.29, 0.717) is 6.42 Å². The summed E-state index contributed by atoms with van der Waals surface area (Å²) in [7, 11) is 0. The van der Waals surface area contributed by atoms with Gasteiger partial charge in [0, 0.05) is 18.8 Å². The molecule has 0 atom stereocenters. The van der Waals surface area contributed by atoms with E-state index < -0.39 is 0 Å². The van der Waals surface area contributed by atoms with Gasteiger partial charge in [0.1, 0.15) is 0 Å². The molecular formula is C15H23ClN2O. The second kappa shape index (κ2) is 7.39. The molecule has 1 aliphatic carbocycles. The third kappa shape index (κ3) is 5.11. The Morgan fingerprint density at radius 1 is 1.32 bits per heavy atom. The Kier molecular flexibility index (Phi) is 6.16. The molecule has 1 aromatic rings. The number of hydrogen-bond acceptors (Lipinski definition) is 2. The topological polar surface area (TPSA) is 46.3 Å². The molecule has 0 aliphatic heterocycles. The molecule has 0 heterocycles. The lowest BCUT2D eigenvalue weighted by Gasteiger charge is -2.22. The van der Waals surface area contributed by atoms with E-state index in [9.17, 15) is 4.79 Å². The van der Waals surface area contributed by atoms with Gasteiger partial charge in [-0.25, -0.2) is 0 Å². The van der Waals surface area contributed by atoms with Crippen LogP contribution in [0.4, 0.5) is 5.69 Å². The van der Waals surface area contributed by atoms with Crippen LogP contribution < -0.4 is 5.73 Å². The van der Waals surface area contributed by atoms with Crippen molar-refractivity contribution in [2.75, 3.05) is 18.8 Å². The molecule has 106 valence electrons. The second-order valence-corrected chi connectivity index (χ2v) is 5.20. The summed E-state index contributed by atoms with van der Waals surface area (Å²) < 4.78 is 0. The zero-order chi connectivity index (χ0) is 13.0. The molecule has 2 N–H and O–H groups in total. The Labute approximate surface area is 121 Å². The van der Waals surface area contributed by atoms with Crippen molar-refractivity contribution in [2.24, 2.45) is 5.92 Å². The number of amides is 1. The van der Waals surface area contributed by atoms with E-state index in [0.717, 1.165) is 36.7 Å². The van der Waals surface area contributed by atoms with E-state index >= 15 is 0 Å². The minimum Gasteiger partial charge on any atom is -0.399 e. The summed E-state index contributed by atoms with van der Waals surface area (Å²) in [6.45, 7) is 3.95. The maximum Gasteiger partial charge on any atom is 0.226 e. The number of carbonyl (C=O) groups is 1. The summed E-state index contributed by atoms with van der Waals surface area (Å²) in [5, 5.41) is 0. The monoisotopic (exact) mass is 282 g/mol. The summed E-state index contributed by atoms with van der Waals surface area (Å²) in [6.07, 6.45) is 4.10. The van der Waals surface area contributed by atoms with Crippen LogP contribution in [0.5, 0.6) is 0 Å². The van der Waals surface area contributed by atoms with Crippen molar-refractivity contribution in [1.82, 2.24) is 4.90 Å². The van der Waals surface area contributed by atoms with Gasteiger partial charge in [-0.15, -0.1) is 12.4 Å². The van der Waals surface area contributed by atoms with E-state index in [2.05, 4.69) is 6.92 Å². The van der Waals surface area contributed by atoms with Crippen molar-refractivity contribution < 1.29 is 4.79 Å². The van der Waals surface area contributed by atoms with Crippen LogP contribution in [-0.2, 0) is 11.2 Å². The van der Waals surface area contributed by atoms with Gasteiger partial charge in [0.2, 0.25) is 5.91 Å². The predicted molar refractivity (Wildman–Crippen MR) is 81.4 cm³/mol. The zero-order valence-corrected chi connectivity index (χ0v) is 12.3. The summed E-state index contributed by atoms with van der Waals surface area (Å²) in [6, 6.07) is 7.59. The lowest BCUT2D eigenvalue weighted by Crippen LogP contribution is -2.34. The van der Waals surface area contributed by atoms with Gasteiger partial charge in [-0.1, -0.05) is 19.1 Å². The molecule has 1 amide bonds. The third-order valence-electron chi connectivity index (χ3n) is 3.36. The molecule has 3 nitrogen and oxygen atoms in total. The highest BCUT2D eigenvalue weighted by atomic mass is 35.5. The van der Waals surface area contributed by atoms with Crippen molar-refractivity contribution in [1.29, 1.82) is 0 Å². The van der Waals surface area contributed by atoms with Crippen LogP contribution in [0.3, 0.4) is 0 Å². The average molecular weight is 283 g/mol. The Hall–Kier alpha value is -1.22. The number of rotatable bonds is 6. The highest BCUT2D eigenvalue weighted by Crippen LogP contribution is 2.29.